The molecule has 19 heavy (non-hydrogen) atoms. The fourth-order valence-corrected chi connectivity index (χ4v) is 2.07. The lowest BCUT2D eigenvalue weighted by molar-refractivity contribution is -0.122. The van der Waals surface area contributed by atoms with Crippen LogP contribution < -0.4 is 16.2 Å². The van der Waals surface area contributed by atoms with E-state index in [0.29, 0.717) is 13.0 Å². The second-order valence-electron chi connectivity index (χ2n) is 4.30. The molecule has 0 radical (unpaired) electrons. The molecule has 1 aromatic carbocycles. The average Bonchev–Trinajstić information content (AvgIpc) is 2.35. The van der Waals surface area contributed by atoms with Gasteiger partial charge >= 0.3 is 0 Å². The van der Waals surface area contributed by atoms with Gasteiger partial charge in [0.2, 0.25) is 15.9 Å². The van der Waals surface area contributed by atoms with Crippen LogP contribution in [0, 0.1) is 0 Å². The van der Waals surface area contributed by atoms with Crippen molar-refractivity contribution < 1.29 is 13.2 Å². The highest BCUT2D eigenvalue weighted by atomic mass is 32.2. The number of hydrogen-bond acceptors (Lipinski definition) is 4. The SMILES string of the molecule is CCC[C@@H](N)C(=O)NCc1ccc(S(N)(=O)=O)cc1. The lowest BCUT2D eigenvalue weighted by atomic mass is 10.1. The van der Waals surface area contributed by atoms with E-state index >= 15 is 0 Å². The van der Waals surface area contributed by atoms with Crippen LogP contribution in [0.4, 0.5) is 0 Å². The molecule has 1 rings (SSSR count). The molecule has 0 spiro atoms. The maximum absolute atomic E-state index is 11.6. The van der Waals surface area contributed by atoms with E-state index in [4.69, 9.17) is 10.9 Å². The van der Waals surface area contributed by atoms with Gasteiger partial charge in [0, 0.05) is 6.54 Å². The number of sulfonamides is 1. The number of primary sulfonamides is 1. The first-order valence-corrected chi connectivity index (χ1v) is 7.54. The number of nitrogens with two attached hydrogens (primary N) is 2. The smallest absolute Gasteiger partial charge is 0.238 e. The molecular weight excluding hydrogens is 266 g/mol. The highest BCUT2D eigenvalue weighted by Crippen LogP contribution is 2.08. The van der Waals surface area contributed by atoms with Gasteiger partial charge in [0.15, 0.2) is 0 Å². The van der Waals surface area contributed by atoms with E-state index < -0.39 is 16.1 Å². The Kier molecular flexibility index (Phi) is 5.46. The molecule has 0 heterocycles. The second-order valence-corrected chi connectivity index (χ2v) is 5.86. The van der Waals surface area contributed by atoms with Crippen LogP contribution in [0.25, 0.3) is 0 Å². The van der Waals surface area contributed by atoms with Gasteiger partial charge in [-0.3, -0.25) is 4.79 Å². The highest BCUT2D eigenvalue weighted by Gasteiger charge is 2.12. The molecule has 0 aliphatic rings. The van der Waals surface area contributed by atoms with Crippen molar-refractivity contribution in [3.63, 3.8) is 0 Å². The molecule has 0 aliphatic carbocycles. The van der Waals surface area contributed by atoms with Crippen LogP contribution in [0.5, 0.6) is 0 Å². The van der Waals surface area contributed by atoms with Gasteiger partial charge in [-0.25, -0.2) is 13.6 Å². The predicted octanol–water partition coefficient (Wildman–Crippen LogP) is 0.0776. The molecule has 1 atom stereocenters. The van der Waals surface area contributed by atoms with Gasteiger partial charge in [-0.2, -0.15) is 0 Å². The van der Waals surface area contributed by atoms with Gasteiger partial charge in [-0.1, -0.05) is 25.5 Å². The summed E-state index contributed by atoms with van der Waals surface area (Å²) in [6.07, 6.45) is 1.48. The molecule has 106 valence electrons. The summed E-state index contributed by atoms with van der Waals surface area (Å²) in [5.41, 5.74) is 6.45. The number of carbonyl (C=O) groups is 1. The minimum absolute atomic E-state index is 0.0465. The maximum Gasteiger partial charge on any atom is 0.238 e. The number of nitrogens with one attached hydrogen (secondary N) is 1. The van der Waals surface area contributed by atoms with E-state index in [-0.39, 0.29) is 10.8 Å². The van der Waals surface area contributed by atoms with Crippen LogP contribution in [0.3, 0.4) is 0 Å². The molecule has 5 N–H and O–H groups in total. The Labute approximate surface area is 113 Å². The van der Waals surface area contributed by atoms with E-state index in [1.54, 1.807) is 12.1 Å². The summed E-state index contributed by atoms with van der Waals surface area (Å²) < 4.78 is 22.1. The second kappa shape index (κ2) is 6.65. The van der Waals surface area contributed by atoms with Gasteiger partial charge in [0.25, 0.3) is 0 Å². The summed E-state index contributed by atoms with van der Waals surface area (Å²) in [6, 6.07) is 5.51. The standard InChI is InChI=1S/C12H19N3O3S/c1-2-3-11(13)12(16)15-8-9-4-6-10(7-5-9)19(14,17)18/h4-7,11H,2-3,8,13H2,1H3,(H,15,16)(H2,14,17,18)/t11-/m1/s1. The van der Waals surface area contributed by atoms with Crippen molar-refractivity contribution in [1.82, 2.24) is 5.32 Å². The Balaban J connectivity index is 2.58. The van der Waals surface area contributed by atoms with E-state index in [9.17, 15) is 13.2 Å². The fraction of sp³-hybridized carbons (Fsp3) is 0.417. The fourth-order valence-electron chi connectivity index (χ4n) is 1.56. The molecule has 7 heteroatoms. The Morgan fingerprint density at radius 1 is 1.32 bits per heavy atom. The first-order valence-electron chi connectivity index (χ1n) is 5.99. The molecule has 0 saturated carbocycles. The van der Waals surface area contributed by atoms with Crippen molar-refractivity contribution in [2.75, 3.05) is 0 Å². The van der Waals surface area contributed by atoms with Gasteiger partial charge in [0.1, 0.15) is 0 Å². The number of hydrogen-bond donors (Lipinski definition) is 3. The third-order valence-electron chi connectivity index (χ3n) is 2.66. The zero-order valence-electron chi connectivity index (χ0n) is 10.8. The zero-order valence-corrected chi connectivity index (χ0v) is 11.6. The van der Waals surface area contributed by atoms with Gasteiger partial charge in [0.05, 0.1) is 10.9 Å². The van der Waals surface area contributed by atoms with Crippen molar-refractivity contribution in [2.24, 2.45) is 10.9 Å². The molecular formula is C12H19N3O3S. The van der Waals surface area contributed by atoms with Crippen LogP contribution in [0.15, 0.2) is 29.2 Å². The molecule has 0 aliphatic heterocycles. The third kappa shape index (κ3) is 4.98. The van der Waals surface area contributed by atoms with E-state index in [1.807, 2.05) is 6.92 Å². The van der Waals surface area contributed by atoms with Gasteiger partial charge < -0.3 is 11.1 Å². The number of benzene rings is 1. The number of rotatable bonds is 6. The quantitative estimate of drug-likeness (QED) is 0.686. The van der Waals surface area contributed by atoms with Crippen LogP contribution in [-0.2, 0) is 21.4 Å². The monoisotopic (exact) mass is 285 g/mol. The van der Waals surface area contributed by atoms with Crippen molar-refractivity contribution in [2.45, 2.75) is 37.2 Å². The van der Waals surface area contributed by atoms with Crippen molar-refractivity contribution in [1.29, 1.82) is 0 Å². The van der Waals surface area contributed by atoms with Crippen LogP contribution in [0.1, 0.15) is 25.3 Å². The molecule has 0 fully saturated rings. The summed E-state index contributed by atoms with van der Waals surface area (Å²) in [5.74, 6) is -0.211. The minimum Gasteiger partial charge on any atom is -0.351 e. The largest absolute Gasteiger partial charge is 0.351 e. The normalized spacial score (nSPS) is 13.0. The Morgan fingerprint density at radius 3 is 2.37 bits per heavy atom. The molecule has 0 saturated heterocycles. The Morgan fingerprint density at radius 2 is 1.89 bits per heavy atom. The summed E-state index contributed by atoms with van der Waals surface area (Å²) in [6.45, 7) is 2.26. The Hall–Kier alpha value is -1.44. The number of carbonyl (C=O) groups excluding carboxylic acids is 1. The lowest BCUT2D eigenvalue weighted by Crippen LogP contribution is -2.40. The van der Waals surface area contributed by atoms with Crippen LogP contribution in [0.2, 0.25) is 0 Å². The van der Waals surface area contributed by atoms with Crippen molar-refractivity contribution >= 4 is 15.9 Å². The highest BCUT2D eigenvalue weighted by molar-refractivity contribution is 7.89. The summed E-state index contributed by atoms with van der Waals surface area (Å²) in [5, 5.41) is 7.69. The lowest BCUT2D eigenvalue weighted by Gasteiger charge is -2.11. The van der Waals surface area contributed by atoms with Crippen LogP contribution >= 0.6 is 0 Å². The predicted molar refractivity (Wildman–Crippen MR) is 72.5 cm³/mol. The minimum atomic E-state index is -3.68. The van der Waals surface area contributed by atoms with Crippen LogP contribution in [-0.4, -0.2) is 20.4 Å². The Bertz CT molecular complexity index is 526. The maximum atomic E-state index is 11.6. The van der Waals surface area contributed by atoms with Gasteiger partial charge in [-0.05, 0) is 24.1 Å². The first-order chi connectivity index (χ1) is 8.84. The molecule has 0 aromatic heterocycles. The molecule has 0 unspecified atom stereocenters. The third-order valence-corrected chi connectivity index (χ3v) is 3.58. The van der Waals surface area contributed by atoms with Crippen molar-refractivity contribution in [3.05, 3.63) is 29.8 Å². The summed E-state index contributed by atoms with van der Waals surface area (Å²) in [7, 11) is -3.68. The zero-order chi connectivity index (χ0) is 14.5. The van der Waals surface area contributed by atoms with Gasteiger partial charge in [-0.15, -0.1) is 0 Å². The molecule has 0 bridgehead atoms. The van der Waals surface area contributed by atoms with Crippen molar-refractivity contribution in [3.8, 4) is 0 Å². The molecule has 1 aromatic rings. The summed E-state index contributed by atoms with van der Waals surface area (Å²) in [4.78, 5) is 11.6. The molecule has 1 amide bonds. The average molecular weight is 285 g/mol. The molecule has 6 nitrogen and oxygen atoms in total. The first kappa shape index (κ1) is 15.6. The van der Waals surface area contributed by atoms with E-state index in [1.165, 1.54) is 12.1 Å². The number of amides is 1. The van der Waals surface area contributed by atoms with E-state index in [2.05, 4.69) is 5.32 Å². The van der Waals surface area contributed by atoms with E-state index in [0.717, 1.165) is 12.0 Å². The summed E-state index contributed by atoms with van der Waals surface area (Å²) >= 11 is 0. The topological polar surface area (TPSA) is 115 Å².